The van der Waals surface area contributed by atoms with Crippen LogP contribution in [0.25, 0.3) is 0 Å². The highest BCUT2D eigenvalue weighted by Crippen LogP contribution is 2.45. The second-order valence-electron chi connectivity index (χ2n) is 6.92. The topological polar surface area (TPSA) is 46.6 Å². The van der Waals surface area contributed by atoms with E-state index in [0.29, 0.717) is 19.4 Å². The van der Waals surface area contributed by atoms with E-state index in [0.717, 1.165) is 4.47 Å². The van der Waals surface area contributed by atoms with Gasteiger partial charge in [-0.1, -0.05) is 22.0 Å². The highest BCUT2D eigenvalue weighted by Gasteiger charge is 2.57. The van der Waals surface area contributed by atoms with Crippen LogP contribution in [0.5, 0.6) is 0 Å². The summed E-state index contributed by atoms with van der Waals surface area (Å²) in [7, 11) is 0. The number of nitrogens with zero attached hydrogens (tertiary/aromatic N) is 1. The SMILES string of the molecule is CC(C)(C)OC(=O)N1CC2(Cc3ccc(Br)cc3C2)C1=O. The third-order valence-corrected chi connectivity index (χ3v) is 4.49. The van der Waals surface area contributed by atoms with Crippen molar-refractivity contribution in [2.75, 3.05) is 6.54 Å². The van der Waals surface area contributed by atoms with Gasteiger partial charge in [-0.25, -0.2) is 9.69 Å². The van der Waals surface area contributed by atoms with E-state index >= 15 is 0 Å². The number of hydrogen-bond donors (Lipinski definition) is 0. The maximum absolute atomic E-state index is 12.5. The van der Waals surface area contributed by atoms with E-state index in [-0.39, 0.29) is 5.91 Å². The van der Waals surface area contributed by atoms with Crippen molar-refractivity contribution in [1.29, 1.82) is 0 Å². The van der Waals surface area contributed by atoms with Crippen LogP contribution >= 0.6 is 15.9 Å². The highest BCUT2D eigenvalue weighted by molar-refractivity contribution is 9.10. The zero-order valence-electron chi connectivity index (χ0n) is 12.4. The van der Waals surface area contributed by atoms with E-state index in [4.69, 9.17) is 4.74 Å². The van der Waals surface area contributed by atoms with Gasteiger partial charge in [0.1, 0.15) is 5.60 Å². The molecule has 0 radical (unpaired) electrons. The van der Waals surface area contributed by atoms with Crippen molar-refractivity contribution >= 4 is 27.9 Å². The molecule has 0 N–H and O–H groups in total. The average molecular weight is 352 g/mol. The molecule has 5 heteroatoms. The van der Waals surface area contributed by atoms with Crippen molar-refractivity contribution in [3.63, 3.8) is 0 Å². The normalized spacial score (nSPS) is 24.0. The zero-order chi connectivity index (χ0) is 15.4. The van der Waals surface area contributed by atoms with E-state index < -0.39 is 17.1 Å². The monoisotopic (exact) mass is 351 g/mol. The Kier molecular flexibility index (Phi) is 3.17. The molecule has 0 saturated carbocycles. The van der Waals surface area contributed by atoms with Crippen LogP contribution < -0.4 is 0 Å². The van der Waals surface area contributed by atoms with E-state index in [1.54, 1.807) is 20.8 Å². The quantitative estimate of drug-likeness (QED) is 0.673. The fourth-order valence-corrected chi connectivity index (χ4v) is 3.50. The van der Waals surface area contributed by atoms with Gasteiger partial charge in [0.25, 0.3) is 0 Å². The molecule has 1 heterocycles. The number of likely N-dealkylation sites (tertiary alicyclic amines) is 1. The maximum atomic E-state index is 12.5. The van der Waals surface area contributed by atoms with Crippen LogP contribution in [-0.2, 0) is 22.4 Å². The second-order valence-corrected chi connectivity index (χ2v) is 7.83. The number of hydrogen-bond acceptors (Lipinski definition) is 3. The second kappa shape index (κ2) is 4.57. The minimum absolute atomic E-state index is 0.107. The zero-order valence-corrected chi connectivity index (χ0v) is 14.0. The van der Waals surface area contributed by atoms with Gasteiger partial charge in [-0.2, -0.15) is 0 Å². The van der Waals surface area contributed by atoms with Gasteiger partial charge in [-0.05, 0) is 56.9 Å². The van der Waals surface area contributed by atoms with Gasteiger partial charge in [-0.15, -0.1) is 0 Å². The predicted molar refractivity (Wildman–Crippen MR) is 81.9 cm³/mol. The van der Waals surface area contributed by atoms with Gasteiger partial charge in [-0.3, -0.25) is 4.79 Å². The Balaban J connectivity index is 1.72. The summed E-state index contributed by atoms with van der Waals surface area (Å²) in [6.45, 7) is 5.85. The molecule has 1 aliphatic carbocycles. The molecule has 1 aromatic carbocycles. The lowest BCUT2D eigenvalue weighted by molar-refractivity contribution is -0.156. The van der Waals surface area contributed by atoms with E-state index in [9.17, 15) is 9.59 Å². The number of rotatable bonds is 0. The van der Waals surface area contributed by atoms with E-state index in [2.05, 4.69) is 28.1 Å². The minimum atomic E-state index is -0.580. The van der Waals surface area contributed by atoms with Crippen LogP contribution in [0, 0.1) is 5.41 Å². The number of amides is 2. The Morgan fingerprint density at radius 2 is 1.95 bits per heavy atom. The summed E-state index contributed by atoms with van der Waals surface area (Å²) in [6.07, 6.45) is 0.892. The van der Waals surface area contributed by atoms with Crippen LogP contribution in [0.1, 0.15) is 31.9 Å². The first-order chi connectivity index (χ1) is 9.70. The molecule has 4 nitrogen and oxygen atoms in total. The minimum Gasteiger partial charge on any atom is -0.443 e. The molecule has 1 aliphatic heterocycles. The van der Waals surface area contributed by atoms with Crippen LogP contribution in [0.2, 0.25) is 0 Å². The van der Waals surface area contributed by atoms with Crippen molar-refractivity contribution in [2.45, 2.75) is 39.2 Å². The van der Waals surface area contributed by atoms with Crippen molar-refractivity contribution < 1.29 is 14.3 Å². The van der Waals surface area contributed by atoms with Gasteiger partial charge < -0.3 is 4.74 Å². The molecular weight excluding hydrogens is 334 g/mol. The largest absolute Gasteiger partial charge is 0.443 e. The molecule has 0 aromatic heterocycles. The van der Waals surface area contributed by atoms with Gasteiger partial charge in [0.05, 0.1) is 5.41 Å². The summed E-state index contributed by atoms with van der Waals surface area (Å²) in [5, 5.41) is 0. The van der Waals surface area contributed by atoms with Crippen molar-refractivity contribution in [3.8, 4) is 0 Å². The summed E-state index contributed by atoms with van der Waals surface area (Å²) in [5.41, 5.74) is 1.39. The average Bonchev–Trinajstić information content (AvgIpc) is 2.74. The lowest BCUT2D eigenvalue weighted by Gasteiger charge is -2.45. The number of imide groups is 1. The Morgan fingerprint density at radius 1 is 1.29 bits per heavy atom. The van der Waals surface area contributed by atoms with Gasteiger partial charge in [0, 0.05) is 11.0 Å². The number of fused-ring (bicyclic) bond motifs is 1. The molecule has 1 unspecified atom stereocenters. The lowest BCUT2D eigenvalue weighted by Crippen LogP contribution is -2.64. The van der Waals surface area contributed by atoms with Crippen LogP contribution in [-0.4, -0.2) is 29.0 Å². The fraction of sp³-hybridized carbons (Fsp3) is 0.500. The predicted octanol–water partition coefficient (Wildman–Crippen LogP) is 3.31. The molecule has 1 aromatic rings. The smallest absolute Gasteiger partial charge is 0.417 e. The molecule has 112 valence electrons. The number of carbonyl (C=O) groups excluding carboxylic acids is 2. The summed E-state index contributed by atoms with van der Waals surface area (Å²) in [5.74, 6) is -0.107. The van der Waals surface area contributed by atoms with Crippen molar-refractivity contribution in [1.82, 2.24) is 4.90 Å². The number of carbonyl (C=O) groups is 2. The first-order valence-electron chi connectivity index (χ1n) is 7.02. The molecule has 2 aliphatic rings. The molecule has 1 saturated heterocycles. The Morgan fingerprint density at radius 3 is 2.57 bits per heavy atom. The molecule has 1 fully saturated rings. The summed E-state index contributed by atoms with van der Waals surface area (Å²) < 4.78 is 6.29. The maximum Gasteiger partial charge on any atom is 0.417 e. The molecule has 2 amide bonds. The van der Waals surface area contributed by atoms with Gasteiger partial charge >= 0.3 is 6.09 Å². The van der Waals surface area contributed by atoms with E-state index in [1.807, 2.05) is 6.07 Å². The molecule has 3 rings (SSSR count). The molecule has 1 atom stereocenters. The Labute approximate surface area is 132 Å². The number of β-lactam (4-membered cyclic amide) rings is 1. The van der Waals surface area contributed by atoms with Crippen LogP contribution in [0.4, 0.5) is 4.79 Å². The van der Waals surface area contributed by atoms with Crippen molar-refractivity contribution in [2.24, 2.45) is 5.41 Å². The van der Waals surface area contributed by atoms with Gasteiger partial charge in [0.15, 0.2) is 0 Å². The Bertz CT molecular complexity index is 635. The third-order valence-electron chi connectivity index (χ3n) is 4.00. The standard InChI is InChI=1S/C16H18BrNO3/c1-15(2,3)21-14(20)18-9-16(13(18)19)7-10-4-5-12(17)6-11(10)8-16/h4-6H,7-9H2,1-3H3. The summed E-state index contributed by atoms with van der Waals surface area (Å²) in [4.78, 5) is 25.7. The molecular formula is C16H18BrNO3. The highest BCUT2D eigenvalue weighted by atomic mass is 79.9. The fourth-order valence-electron chi connectivity index (χ4n) is 3.09. The third kappa shape index (κ3) is 2.48. The number of benzene rings is 1. The Hall–Kier alpha value is -1.36. The van der Waals surface area contributed by atoms with Gasteiger partial charge in [0.2, 0.25) is 5.91 Å². The molecule has 1 spiro atoms. The summed E-state index contributed by atoms with van der Waals surface area (Å²) in [6, 6.07) is 6.11. The van der Waals surface area contributed by atoms with Crippen LogP contribution in [0.15, 0.2) is 22.7 Å². The van der Waals surface area contributed by atoms with E-state index in [1.165, 1.54) is 16.0 Å². The molecule has 0 bridgehead atoms. The van der Waals surface area contributed by atoms with Crippen LogP contribution in [0.3, 0.4) is 0 Å². The first kappa shape index (κ1) is 14.6. The van der Waals surface area contributed by atoms with Crippen molar-refractivity contribution in [3.05, 3.63) is 33.8 Å². The number of ether oxygens (including phenoxy) is 1. The summed E-state index contributed by atoms with van der Waals surface area (Å²) >= 11 is 3.46. The first-order valence-corrected chi connectivity index (χ1v) is 7.82. The lowest BCUT2D eigenvalue weighted by atomic mass is 9.76. The number of halogens is 1. The molecule has 21 heavy (non-hydrogen) atoms.